The van der Waals surface area contributed by atoms with Gasteiger partial charge in [-0.2, -0.15) is 0 Å². The predicted octanol–water partition coefficient (Wildman–Crippen LogP) is 4.06. The van der Waals surface area contributed by atoms with Crippen LogP contribution < -0.4 is 10.1 Å². The number of rotatable bonds is 5. The lowest BCUT2D eigenvalue weighted by atomic mass is 9.97. The van der Waals surface area contributed by atoms with Gasteiger partial charge in [-0.15, -0.1) is 0 Å². The van der Waals surface area contributed by atoms with Gasteiger partial charge in [0.1, 0.15) is 11.6 Å². The van der Waals surface area contributed by atoms with Crippen molar-refractivity contribution < 1.29 is 9.13 Å². The number of nitrogens with one attached hydrogen (secondary N) is 1. The van der Waals surface area contributed by atoms with Crippen molar-refractivity contribution >= 4 is 0 Å². The van der Waals surface area contributed by atoms with Crippen molar-refractivity contribution in [1.29, 1.82) is 0 Å². The fraction of sp³-hybridized carbons (Fsp3) is 0.333. The average Bonchev–Trinajstić information content (AvgIpc) is 3.31. The molecule has 2 aromatic rings. The molecule has 110 valence electrons. The van der Waals surface area contributed by atoms with Crippen LogP contribution in [0.2, 0.25) is 0 Å². The van der Waals surface area contributed by atoms with E-state index in [0.717, 1.165) is 17.7 Å². The van der Waals surface area contributed by atoms with Crippen molar-refractivity contribution in [1.82, 2.24) is 5.32 Å². The summed E-state index contributed by atoms with van der Waals surface area (Å²) in [7, 11) is 1.55. The third-order valence-electron chi connectivity index (χ3n) is 3.94. The van der Waals surface area contributed by atoms with Crippen molar-refractivity contribution in [2.45, 2.75) is 32.4 Å². The Labute approximate surface area is 125 Å². The van der Waals surface area contributed by atoms with Gasteiger partial charge < -0.3 is 10.1 Å². The molecule has 0 aromatic heterocycles. The molecule has 0 heterocycles. The second-order valence-electron chi connectivity index (χ2n) is 5.65. The average molecular weight is 285 g/mol. The first-order valence-corrected chi connectivity index (χ1v) is 7.34. The number of benzene rings is 2. The molecule has 0 radical (unpaired) electrons. The monoisotopic (exact) mass is 285 g/mol. The summed E-state index contributed by atoms with van der Waals surface area (Å²) < 4.78 is 19.3. The zero-order valence-corrected chi connectivity index (χ0v) is 12.4. The van der Waals surface area contributed by atoms with E-state index in [1.165, 1.54) is 24.5 Å². The zero-order chi connectivity index (χ0) is 14.8. The molecule has 21 heavy (non-hydrogen) atoms. The van der Waals surface area contributed by atoms with E-state index < -0.39 is 0 Å². The van der Waals surface area contributed by atoms with Gasteiger partial charge in [0.15, 0.2) is 0 Å². The number of halogens is 1. The largest absolute Gasteiger partial charge is 0.497 e. The predicted molar refractivity (Wildman–Crippen MR) is 83.0 cm³/mol. The van der Waals surface area contributed by atoms with Crippen molar-refractivity contribution in [2.24, 2.45) is 0 Å². The Hall–Kier alpha value is -1.87. The highest BCUT2D eigenvalue weighted by molar-refractivity contribution is 5.69. The molecule has 0 unspecified atom stereocenters. The molecular formula is C18H20FNO. The number of methoxy groups -OCH3 is 1. The molecule has 3 heteroatoms. The normalized spacial score (nSPS) is 14.2. The number of hydrogen-bond donors (Lipinski definition) is 1. The molecule has 2 aromatic carbocycles. The van der Waals surface area contributed by atoms with Crippen LogP contribution in [0, 0.1) is 12.7 Å². The second-order valence-corrected chi connectivity index (χ2v) is 5.65. The van der Waals surface area contributed by atoms with Crippen molar-refractivity contribution in [3.8, 4) is 16.9 Å². The van der Waals surface area contributed by atoms with Gasteiger partial charge in [0, 0.05) is 24.2 Å². The van der Waals surface area contributed by atoms with E-state index in [1.807, 2.05) is 6.92 Å². The lowest BCUT2D eigenvalue weighted by molar-refractivity contribution is 0.411. The summed E-state index contributed by atoms with van der Waals surface area (Å²) in [6.45, 7) is 2.85. The van der Waals surface area contributed by atoms with Gasteiger partial charge in [0.2, 0.25) is 0 Å². The minimum Gasteiger partial charge on any atom is -0.497 e. The Bertz CT molecular complexity index is 650. The lowest BCUT2D eigenvalue weighted by Gasteiger charge is -2.11. The van der Waals surface area contributed by atoms with E-state index in [1.54, 1.807) is 19.2 Å². The summed E-state index contributed by atoms with van der Waals surface area (Å²) in [4.78, 5) is 0. The molecule has 1 N–H and O–H groups in total. The number of aryl methyl sites for hydroxylation is 1. The summed E-state index contributed by atoms with van der Waals surface area (Å²) >= 11 is 0. The second kappa shape index (κ2) is 5.86. The van der Waals surface area contributed by atoms with Gasteiger partial charge in [0.25, 0.3) is 0 Å². The topological polar surface area (TPSA) is 21.3 Å². The quantitative estimate of drug-likeness (QED) is 0.894. The minimum atomic E-state index is -0.246. The minimum absolute atomic E-state index is 0.246. The fourth-order valence-electron chi connectivity index (χ4n) is 2.46. The zero-order valence-electron chi connectivity index (χ0n) is 12.4. The number of hydrogen-bond acceptors (Lipinski definition) is 2. The Kier molecular flexibility index (Phi) is 3.93. The number of ether oxygens (including phenoxy) is 1. The Morgan fingerprint density at radius 3 is 2.62 bits per heavy atom. The molecule has 2 nitrogen and oxygen atoms in total. The van der Waals surface area contributed by atoms with E-state index in [4.69, 9.17) is 4.74 Å². The highest BCUT2D eigenvalue weighted by Crippen LogP contribution is 2.30. The maximum atomic E-state index is 14.3. The van der Waals surface area contributed by atoms with E-state index in [2.05, 4.69) is 23.5 Å². The molecule has 1 aliphatic rings. The maximum absolute atomic E-state index is 14.3. The van der Waals surface area contributed by atoms with Crippen LogP contribution in [-0.4, -0.2) is 13.2 Å². The first kappa shape index (κ1) is 14.1. The smallest absolute Gasteiger partial charge is 0.134 e. The third kappa shape index (κ3) is 3.24. The molecule has 0 aliphatic heterocycles. The van der Waals surface area contributed by atoms with Crippen LogP contribution in [0.15, 0.2) is 36.4 Å². The summed E-state index contributed by atoms with van der Waals surface area (Å²) in [5, 5.41) is 3.49. The Morgan fingerprint density at radius 2 is 1.95 bits per heavy atom. The molecule has 0 atom stereocenters. The lowest BCUT2D eigenvalue weighted by Crippen LogP contribution is -2.15. The van der Waals surface area contributed by atoms with Crippen LogP contribution in [0.3, 0.4) is 0 Å². The molecule has 0 spiro atoms. The van der Waals surface area contributed by atoms with Gasteiger partial charge in [-0.3, -0.25) is 0 Å². The Balaban J connectivity index is 1.90. The van der Waals surface area contributed by atoms with Gasteiger partial charge in [-0.25, -0.2) is 4.39 Å². The van der Waals surface area contributed by atoms with E-state index in [9.17, 15) is 4.39 Å². The third-order valence-corrected chi connectivity index (χ3v) is 3.94. The Morgan fingerprint density at radius 1 is 1.14 bits per heavy atom. The summed E-state index contributed by atoms with van der Waals surface area (Å²) in [6.07, 6.45) is 2.54. The van der Waals surface area contributed by atoms with Crippen molar-refractivity contribution in [2.75, 3.05) is 7.11 Å². The standard InChI is InChI=1S/C18H20FNO/c1-12-3-4-13(11-20-14-5-6-14)9-17(12)16-8-7-15(21-2)10-18(16)19/h3-4,7-10,14,20H,5-6,11H2,1-2H3. The van der Waals surface area contributed by atoms with Crippen molar-refractivity contribution in [3.63, 3.8) is 0 Å². The molecule has 3 rings (SSSR count). The van der Waals surface area contributed by atoms with Gasteiger partial charge in [-0.05, 0) is 54.7 Å². The maximum Gasteiger partial charge on any atom is 0.134 e. The van der Waals surface area contributed by atoms with Gasteiger partial charge in [0.05, 0.1) is 7.11 Å². The van der Waals surface area contributed by atoms with E-state index in [-0.39, 0.29) is 5.82 Å². The summed E-state index contributed by atoms with van der Waals surface area (Å²) in [6, 6.07) is 11.9. The van der Waals surface area contributed by atoms with Crippen LogP contribution in [0.25, 0.3) is 11.1 Å². The van der Waals surface area contributed by atoms with Crippen LogP contribution in [0.5, 0.6) is 5.75 Å². The fourth-order valence-corrected chi connectivity index (χ4v) is 2.46. The molecule has 0 amide bonds. The molecule has 1 saturated carbocycles. The molecule has 1 fully saturated rings. The SMILES string of the molecule is COc1ccc(-c2cc(CNC3CC3)ccc2C)c(F)c1. The van der Waals surface area contributed by atoms with Crippen LogP contribution >= 0.6 is 0 Å². The molecular weight excluding hydrogens is 265 g/mol. The highest BCUT2D eigenvalue weighted by atomic mass is 19.1. The van der Waals surface area contributed by atoms with Crippen LogP contribution in [0.4, 0.5) is 4.39 Å². The van der Waals surface area contributed by atoms with Gasteiger partial charge in [-0.1, -0.05) is 12.1 Å². The molecule has 0 bridgehead atoms. The van der Waals surface area contributed by atoms with Gasteiger partial charge >= 0.3 is 0 Å². The summed E-state index contributed by atoms with van der Waals surface area (Å²) in [5.74, 6) is 0.296. The van der Waals surface area contributed by atoms with Crippen LogP contribution in [0.1, 0.15) is 24.0 Å². The van der Waals surface area contributed by atoms with E-state index >= 15 is 0 Å². The van der Waals surface area contributed by atoms with Crippen molar-refractivity contribution in [3.05, 3.63) is 53.3 Å². The molecule has 1 aliphatic carbocycles. The first-order chi connectivity index (χ1) is 10.2. The molecule has 0 saturated heterocycles. The first-order valence-electron chi connectivity index (χ1n) is 7.34. The van der Waals surface area contributed by atoms with E-state index in [0.29, 0.717) is 17.4 Å². The summed E-state index contributed by atoms with van der Waals surface area (Å²) in [5.41, 5.74) is 3.85. The van der Waals surface area contributed by atoms with Crippen LogP contribution in [-0.2, 0) is 6.54 Å². The highest BCUT2D eigenvalue weighted by Gasteiger charge is 2.20.